The monoisotopic (exact) mass is 622 g/mol. The van der Waals surface area contributed by atoms with E-state index in [4.69, 9.17) is 4.42 Å². The van der Waals surface area contributed by atoms with Gasteiger partial charge in [-0.05, 0) is 107 Å². The molecular formula is C48H30O. The second-order valence-corrected chi connectivity index (χ2v) is 12.8. The Morgan fingerprint density at radius 1 is 0.265 bits per heavy atom. The van der Waals surface area contributed by atoms with Gasteiger partial charge in [0.05, 0.1) is 0 Å². The fourth-order valence-corrected chi connectivity index (χ4v) is 7.80. The quantitative estimate of drug-likeness (QED) is 0.178. The molecule has 9 aromatic carbocycles. The van der Waals surface area contributed by atoms with Crippen molar-refractivity contribution >= 4 is 54.3 Å². The van der Waals surface area contributed by atoms with E-state index in [1.54, 1.807) is 0 Å². The summed E-state index contributed by atoms with van der Waals surface area (Å²) in [4.78, 5) is 0. The van der Waals surface area contributed by atoms with Crippen molar-refractivity contribution in [3.63, 3.8) is 0 Å². The van der Waals surface area contributed by atoms with Gasteiger partial charge in [0.15, 0.2) is 0 Å². The molecule has 0 bridgehead atoms. The van der Waals surface area contributed by atoms with Crippen LogP contribution in [0.5, 0.6) is 0 Å². The maximum Gasteiger partial charge on any atom is 0.135 e. The summed E-state index contributed by atoms with van der Waals surface area (Å²) in [6.45, 7) is 0. The Morgan fingerprint density at radius 2 is 0.755 bits per heavy atom. The van der Waals surface area contributed by atoms with E-state index < -0.39 is 0 Å². The third-order valence-electron chi connectivity index (χ3n) is 10.1. The maximum absolute atomic E-state index is 6.20. The minimum Gasteiger partial charge on any atom is -0.456 e. The van der Waals surface area contributed by atoms with Gasteiger partial charge in [-0.3, -0.25) is 0 Å². The minimum atomic E-state index is 0.912. The standard InChI is InChI=1S/C48H30O/c1-2-12-31(13-3-1)32-22-24-33(25-23-32)47-39-17-6-8-19-41(39)48(42-20-9-7-18-40(42)47)36-28-34-14-4-5-15-37(34)43(30-36)35-26-27-46-44(29-35)38-16-10-11-21-45(38)49-46/h1-30H. The molecule has 0 aliphatic heterocycles. The van der Waals surface area contributed by atoms with Crippen LogP contribution in [0.15, 0.2) is 186 Å². The largest absolute Gasteiger partial charge is 0.456 e. The van der Waals surface area contributed by atoms with Crippen molar-refractivity contribution in [2.75, 3.05) is 0 Å². The molecular weight excluding hydrogens is 593 g/mol. The summed E-state index contributed by atoms with van der Waals surface area (Å²) in [6.07, 6.45) is 0. The SMILES string of the molecule is c1ccc(-c2ccc(-c3c4ccccc4c(-c4cc(-c5ccc6oc7ccccc7c6c5)c5ccccc5c4)c4ccccc34)cc2)cc1. The van der Waals surface area contributed by atoms with Gasteiger partial charge in [-0.25, -0.2) is 0 Å². The number of benzene rings is 9. The van der Waals surface area contributed by atoms with Crippen molar-refractivity contribution in [3.8, 4) is 44.5 Å². The van der Waals surface area contributed by atoms with E-state index in [0.717, 1.165) is 21.9 Å². The molecule has 0 unspecified atom stereocenters. The highest BCUT2D eigenvalue weighted by Gasteiger charge is 2.19. The summed E-state index contributed by atoms with van der Waals surface area (Å²) in [5.74, 6) is 0. The first-order valence-electron chi connectivity index (χ1n) is 16.8. The number of rotatable bonds is 4. The van der Waals surface area contributed by atoms with Gasteiger partial charge in [0.2, 0.25) is 0 Å². The normalized spacial score (nSPS) is 11.7. The Kier molecular flexibility index (Phi) is 6.25. The fraction of sp³-hybridized carbons (Fsp3) is 0. The predicted molar refractivity (Wildman–Crippen MR) is 208 cm³/mol. The lowest BCUT2D eigenvalue weighted by Gasteiger charge is -2.19. The molecule has 10 aromatic rings. The highest BCUT2D eigenvalue weighted by Crippen LogP contribution is 2.46. The molecule has 0 amide bonds. The first-order chi connectivity index (χ1) is 24.3. The van der Waals surface area contributed by atoms with E-state index in [0.29, 0.717) is 0 Å². The molecule has 1 nitrogen and oxygen atoms in total. The first-order valence-corrected chi connectivity index (χ1v) is 16.8. The summed E-state index contributed by atoms with van der Waals surface area (Å²) in [5, 5.41) is 9.75. The van der Waals surface area contributed by atoms with Crippen molar-refractivity contribution in [2.45, 2.75) is 0 Å². The maximum atomic E-state index is 6.20. The van der Waals surface area contributed by atoms with E-state index in [-0.39, 0.29) is 0 Å². The molecule has 0 aliphatic rings. The van der Waals surface area contributed by atoms with E-state index in [2.05, 4.69) is 170 Å². The van der Waals surface area contributed by atoms with Crippen molar-refractivity contribution < 1.29 is 4.42 Å². The molecule has 0 atom stereocenters. The average Bonchev–Trinajstić information content (AvgIpc) is 3.55. The Morgan fingerprint density at radius 3 is 1.45 bits per heavy atom. The number of para-hydroxylation sites is 1. The summed E-state index contributed by atoms with van der Waals surface area (Å²) in [6, 6.07) is 65.9. The molecule has 0 spiro atoms. The lowest BCUT2D eigenvalue weighted by atomic mass is 9.84. The zero-order chi connectivity index (χ0) is 32.3. The van der Waals surface area contributed by atoms with Gasteiger partial charge >= 0.3 is 0 Å². The van der Waals surface area contributed by atoms with Crippen LogP contribution in [0.25, 0.3) is 98.8 Å². The summed E-state index contributed by atoms with van der Waals surface area (Å²) in [5.41, 5.74) is 11.6. The summed E-state index contributed by atoms with van der Waals surface area (Å²) < 4.78 is 6.20. The second-order valence-electron chi connectivity index (χ2n) is 12.8. The van der Waals surface area contributed by atoms with Crippen LogP contribution in [-0.4, -0.2) is 0 Å². The van der Waals surface area contributed by atoms with Crippen LogP contribution in [-0.2, 0) is 0 Å². The Balaban J connectivity index is 1.22. The van der Waals surface area contributed by atoms with Gasteiger partial charge in [0.1, 0.15) is 11.2 Å². The Hall–Kier alpha value is -6.44. The van der Waals surface area contributed by atoms with E-state index in [1.807, 2.05) is 12.1 Å². The number of fused-ring (bicyclic) bond motifs is 6. The predicted octanol–water partition coefficient (Wildman–Crippen LogP) is 13.7. The molecule has 1 heterocycles. The minimum absolute atomic E-state index is 0.912. The van der Waals surface area contributed by atoms with Crippen molar-refractivity contribution in [1.29, 1.82) is 0 Å². The van der Waals surface area contributed by atoms with Gasteiger partial charge in [-0.15, -0.1) is 0 Å². The molecule has 0 radical (unpaired) electrons. The zero-order valence-electron chi connectivity index (χ0n) is 26.7. The van der Waals surface area contributed by atoms with Crippen LogP contribution in [0.3, 0.4) is 0 Å². The molecule has 49 heavy (non-hydrogen) atoms. The topological polar surface area (TPSA) is 13.1 Å². The van der Waals surface area contributed by atoms with E-state index >= 15 is 0 Å². The Labute approximate surface area is 284 Å². The lowest BCUT2D eigenvalue weighted by molar-refractivity contribution is 0.669. The zero-order valence-corrected chi connectivity index (χ0v) is 26.7. The van der Waals surface area contributed by atoms with Crippen molar-refractivity contribution in [3.05, 3.63) is 182 Å². The van der Waals surface area contributed by atoms with Crippen molar-refractivity contribution in [2.24, 2.45) is 0 Å². The molecule has 0 aliphatic carbocycles. The van der Waals surface area contributed by atoms with Crippen LogP contribution >= 0.6 is 0 Å². The summed E-state index contributed by atoms with van der Waals surface area (Å²) >= 11 is 0. The van der Waals surface area contributed by atoms with Gasteiger partial charge < -0.3 is 4.42 Å². The smallest absolute Gasteiger partial charge is 0.135 e. The summed E-state index contributed by atoms with van der Waals surface area (Å²) in [7, 11) is 0. The van der Waals surface area contributed by atoms with Crippen LogP contribution in [0.4, 0.5) is 0 Å². The first kappa shape index (κ1) is 27.7. The third-order valence-corrected chi connectivity index (χ3v) is 10.1. The van der Waals surface area contributed by atoms with Crippen LogP contribution < -0.4 is 0 Å². The molecule has 0 saturated carbocycles. The van der Waals surface area contributed by atoms with E-state index in [9.17, 15) is 0 Å². The molecule has 1 aromatic heterocycles. The highest BCUT2D eigenvalue weighted by molar-refractivity contribution is 6.22. The van der Waals surface area contributed by atoms with Gasteiger partial charge in [0.25, 0.3) is 0 Å². The van der Waals surface area contributed by atoms with Gasteiger partial charge in [0, 0.05) is 10.8 Å². The van der Waals surface area contributed by atoms with Crippen LogP contribution in [0.1, 0.15) is 0 Å². The van der Waals surface area contributed by atoms with Crippen LogP contribution in [0.2, 0.25) is 0 Å². The second kappa shape index (κ2) is 11.1. The molecule has 0 saturated heterocycles. The molecule has 0 fully saturated rings. The molecule has 1 heteroatoms. The van der Waals surface area contributed by atoms with Crippen molar-refractivity contribution in [1.82, 2.24) is 0 Å². The fourth-order valence-electron chi connectivity index (χ4n) is 7.80. The third kappa shape index (κ3) is 4.47. The molecule has 0 N–H and O–H groups in total. The Bertz CT molecular complexity index is 2800. The number of hydrogen-bond donors (Lipinski definition) is 0. The number of hydrogen-bond acceptors (Lipinski definition) is 1. The molecule has 228 valence electrons. The molecule has 10 rings (SSSR count). The van der Waals surface area contributed by atoms with Gasteiger partial charge in [-0.1, -0.05) is 152 Å². The highest BCUT2D eigenvalue weighted by atomic mass is 16.3. The number of furan rings is 1. The average molecular weight is 623 g/mol. The van der Waals surface area contributed by atoms with E-state index in [1.165, 1.54) is 76.8 Å². The lowest BCUT2D eigenvalue weighted by Crippen LogP contribution is -1.92. The van der Waals surface area contributed by atoms with Gasteiger partial charge in [-0.2, -0.15) is 0 Å². The van der Waals surface area contributed by atoms with Crippen LogP contribution in [0, 0.1) is 0 Å².